The van der Waals surface area contributed by atoms with Crippen molar-refractivity contribution in [2.45, 2.75) is 42.5 Å². The number of nitrogens with zero attached hydrogens (tertiary/aromatic N) is 2. The van der Waals surface area contributed by atoms with E-state index in [4.69, 9.17) is 16.6 Å². The van der Waals surface area contributed by atoms with Crippen LogP contribution in [-0.2, 0) is 0 Å². The summed E-state index contributed by atoms with van der Waals surface area (Å²) in [6, 6.07) is 8.33. The molecule has 4 heteroatoms. The summed E-state index contributed by atoms with van der Waals surface area (Å²) in [6.07, 6.45) is 2.38. The highest BCUT2D eigenvalue weighted by molar-refractivity contribution is 7.99. The summed E-state index contributed by atoms with van der Waals surface area (Å²) >= 11 is 7.91. The Hall–Kier alpha value is -1.06. The zero-order valence-electron chi connectivity index (χ0n) is 11.0. The first-order valence-corrected chi connectivity index (χ1v) is 7.62. The van der Waals surface area contributed by atoms with Crippen LogP contribution in [0, 0.1) is 13.8 Å². The number of benzene rings is 1. The average molecular weight is 291 g/mol. The van der Waals surface area contributed by atoms with Gasteiger partial charge in [0, 0.05) is 16.4 Å². The third-order valence-electron chi connectivity index (χ3n) is 3.30. The highest BCUT2D eigenvalue weighted by Gasteiger charge is 2.28. The van der Waals surface area contributed by atoms with Gasteiger partial charge in [-0.3, -0.25) is 0 Å². The fourth-order valence-corrected chi connectivity index (χ4v) is 3.09. The zero-order valence-corrected chi connectivity index (χ0v) is 12.6. The summed E-state index contributed by atoms with van der Waals surface area (Å²) in [5, 5.41) is 1.57. The molecule has 1 saturated carbocycles. The summed E-state index contributed by atoms with van der Waals surface area (Å²) in [5.41, 5.74) is 2.23. The third-order valence-corrected chi connectivity index (χ3v) is 4.94. The molecule has 0 saturated heterocycles. The number of halogens is 1. The fraction of sp³-hybridized carbons (Fsp3) is 0.333. The van der Waals surface area contributed by atoms with Crippen molar-refractivity contribution in [3.05, 3.63) is 46.4 Å². The van der Waals surface area contributed by atoms with E-state index >= 15 is 0 Å². The van der Waals surface area contributed by atoms with Crippen LogP contribution in [0.2, 0.25) is 5.15 Å². The first-order valence-electron chi connectivity index (χ1n) is 6.42. The molecule has 1 fully saturated rings. The van der Waals surface area contributed by atoms with E-state index < -0.39 is 0 Å². The minimum atomic E-state index is 0.523. The van der Waals surface area contributed by atoms with Gasteiger partial charge in [0.25, 0.3) is 0 Å². The van der Waals surface area contributed by atoms with Gasteiger partial charge in [0.15, 0.2) is 0 Å². The third kappa shape index (κ3) is 2.77. The molecule has 2 nitrogen and oxygen atoms in total. The van der Waals surface area contributed by atoms with Crippen molar-refractivity contribution in [1.82, 2.24) is 9.97 Å². The van der Waals surface area contributed by atoms with Crippen LogP contribution in [0.4, 0.5) is 0 Å². The van der Waals surface area contributed by atoms with E-state index in [1.54, 1.807) is 11.8 Å². The number of hydrogen-bond donors (Lipinski definition) is 0. The smallest absolute Gasteiger partial charge is 0.136 e. The molecule has 1 aliphatic carbocycles. The number of aromatic nitrogens is 2. The van der Waals surface area contributed by atoms with Gasteiger partial charge in [0.05, 0.1) is 0 Å². The highest BCUT2D eigenvalue weighted by atomic mass is 35.5. The van der Waals surface area contributed by atoms with Gasteiger partial charge < -0.3 is 0 Å². The van der Waals surface area contributed by atoms with Gasteiger partial charge in [0.1, 0.15) is 16.0 Å². The molecule has 98 valence electrons. The fourth-order valence-electron chi connectivity index (χ4n) is 1.88. The molecular formula is C15H15ClN2S. The molecule has 0 radical (unpaired) electrons. The van der Waals surface area contributed by atoms with Crippen molar-refractivity contribution < 1.29 is 0 Å². The Labute approximate surface area is 122 Å². The number of hydrogen-bond acceptors (Lipinski definition) is 3. The van der Waals surface area contributed by atoms with Crippen LogP contribution in [0.25, 0.3) is 0 Å². The molecule has 0 amide bonds. The van der Waals surface area contributed by atoms with Crippen LogP contribution in [-0.4, -0.2) is 9.97 Å². The second-order valence-electron chi connectivity index (χ2n) is 4.94. The quantitative estimate of drug-likeness (QED) is 0.761. The molecule has 0 aliphatic heterocycles. The van der Waals surface area contributed by atoms with Gasteiger partial charge in [-0.1, -0.05) is 41.6 Å². The Kier molecular flexibility index (Phi) is 3.50. The summed E-state index contributed by atoms with van der Waals surface area (Å²) < 4.78 is 0. The van der Waals surface area contributed by atoms with Crippen LogP contribution in [0.5, 0.6) is 0 Å². The Morgan fingerprint density at radius 1 is 1.16 bits per heavy atom. The van der Waals surface area contributed by atoms with Crippen molar-refractivity contribution in [3.63, 3.8) is 0 Å². The van der Waals surface area contributed by atoms with Crippen molar-refractivity contribution in [3.8, 4) is 0 Å². The lowest BCUT2D eigenvalue weighted by Gasteiger charge is -2.10. The Bertz CT molecular complexity index is 624. The average Bonchev–Trinajstić information content (AvgIpc) is 3.21. The second-order valence-corrected chi connectivity index (χ2v) is 6.33. The van der Waals surface area contributed by atoms with Gasteiger partial charge in [-0.15, -0.1) is 0 Å². The lowest BCUT2D eigenvalue weighted by atomic mass is 10.2. The molecule has 0 unspecified atom stereocenters. The second kappa shape index (κ2) is 5.14. The number of rotatable bonds is 3. The van der Waals surface area contributed by atoms with E-state index in [2.05, 4.69) is 36.2 Å². The molecular weight excluding hydrogens is 276 g/mol. The molecule has 1 aromatic carbocycles. The molecule has 0 spiro atoms. The maximum absolute atomic E-state index is 6.23. The summed E-state index contributed by atoms with van der Waals surface area (Å²) in [4.78, 5) is 10.3. The van der Waals surface area contributed by atoms with E-state index in [1.165, 1.54) is 23.3 Å². The molecule has 0 N–H and O–H groups in total. The first kappa shape index (κ1) is 12.9. The van der Waals surface area contributed by atoms with Crippen LogP contribution in [0.1, 0.15) is 35.7 Å². The zero-order chi connectivity index (χ0) is 13.4. The van der Waals surface area contributed by atoms with Crippen molar-refractivity contribution >= 4 is 23.4 Å². The first-order chi connectivity index (χ1) is 9.15. The minimum absolute atomic E-state index is 0.523. The van der Waals surface area contributed by atoms with Gasteiger partial charge >= 0.3 is 0 Å². The monoisotopic (exact) mass is 290 g/mol. The summed E-state index contributed by atoms with van der Waals surface area (Å²) in [5.74, 6) is 1.43. The predicted molar refractivity (Wildman–Crippen MR) is 79.1 cm³/mol. The standard InChI is InChI=1S/C15H15ClN2S/c1-9-5-3-4-6-12(9)19-15-10(2)13(16)17-14(18-15)11-7-8-11/h3-6,11H,7-8H2,1-2H3. The summed E-state index contributed by atoms with van der Waals surface area (Å²) in [6.45, 7) is 4.10. The Morgan fingerprint density at radius 3 is 2.58 bits per heavy atom. The van der Waals surface area contributed by atoms with Crippen LogP contribution in [0.3, 0.4) is 0 Å². The molecule has 1 heterocycles. The van der Waals surface area contributed by atoms with Crippen molar-refractivity contribution in [2.75, 3.05) is 0 Å². The van der Waals surface area contributed by atoms with E-state index in [1.807, 2.05) is 6.92 Å². The van der Waals surface area contributed by atoms with Crippen molar-refractivity contribution in [1.29, 1.82) is 0 Å². The Morgan fingerprint density at radius 2 is 1.89 bits per heavy atom. The molecule has 3 rings (SSSR count). The van der Waals surface area contributed by atoms with E-state index in [0.717, 1.165) is 16.4 Å². The Balaban J connectivity index is 1.98. The molecule has 0 atom stereocenters. The van der Waals surface area contributed by atoms with Crippen molar-refractivity contribution in [2.24, 2.45) is 0 Å². The molecule has 19 heavy (non-hydrogen) atoms. The lowest BCUT2D eigenvalue weighted by Crippen LogP contribution is -1.98. The topological polar surface area (TPSA) is 25.8 Å². The van der Waals surface area contributed by atoms with E-state index in [0.29, 0.717) is 11.1 Å². The minimum Gasteiger partial charge on any atom is -0.226 e. The highest BCUT2D eigenvalue weighted by Crippen LogP contribution is 2.41. The van der Waals surface area contributed by atoms with E-state index in [9.17, 15) is 0 Å². The summed E-state index contributed by atoms with van der Waals surface area (Å²) in [7, 11) is 0. The number of aryl methyl sites for hydroxylation is 1. The van der Waals surface area contributed by atoms with Crippen LogP contribution in [0.15, 0.2) is 34.2 Å². The van der Waals surface area contributed by atoms with Gasteiger partial charge in [-0.2, -0.15) is 0 Å². The molecule has 2 aromatic rings. The molecule has 1 aromatic heterocycles. The van der Waals surface area contributed by atoms with Gasteiger partial charge in [0.2, 0.25) is 0 Å². The van der Waals surface area contributed by atoms with Crippen LogP contribution >= 0.6 is 23.4 Å². The van der Waals surface area contributed by atoms with Crippen LogP contribution < -0.4 is 0 Å². The largest absolute Gasteiger partial charge is 0.226 e. The maximum atomic E-state index is 6.23. The predicted octanol–water partition coefficient (Wildman–Crippen LogP) is 4.78. The van der Waals surface area contributed by atoms with Gasteiger partial charge in [-0.05, 0) is 38.3 Å². The van der Waals surface area contributed by atoms with E-state index in [-0.39, 0.29) is 0 Å². The molecule has 0 bridgehead atoms. The molecule has 1 aliphatic rings. The SMILES string of the molecule is Cc1ccccc1Sc1nc(C2CC2)nc(Cl)c1C. The lowest BCUT2D eigenvalue weighted by molar-refractivity contribution is 0.862. The van der Waals surface area contributed by atoms with Gasteiger partial charge in [-0.25, -0.2) is 9.97 Å². The maximum Gasteiger partial charge on any atom is 0.136 e. The normalized spacial score (nSPS) is 14.7.